The molecule has 0 saturated carbocycles. The maximum atomic E-state index is 6.24. The molecule has 6 nitrogen and oxygen atoms in total. The lowest BCUT2D eigenvalue weighted by atomic mass is 9.96. The third kappa shape index (κ3) is 6.22. The van der Waals surface area contributed by atoms with Crippen LogP contribution in [0.15, 0.2) is 217 Å². The fraction of sp³-hybridized carbons (Fsp3) is 0. The summed E-state index contributed by atoms with van der Waals surface area (Å²) in [4.78, 5) is 26.5. The topological polar surface area (TPSA) is 77.6 Å². The molecule has 0 unspecified atom stereocenters. The molecule has 0 spiro atoms. The molecule has 302 valence electrons. The molecule has 0 aliphatic rings. The number of hydrogen-bond acceptors (Lipinski definition) is 6. The lowest BCUT2D eigenvalue weighted by Crippen LogP contribution is -2.04. The van der Waals surface area contributed by atoms with E-state index in [0.29, 0.717) is 29.0 Å². The summed E-state index contributed by atoms with van der Waals surface area (Å²) in [7, 11) is 0. The second kappa shape index (κ2) is 14.9. The Morgan fingerprint density at radius 3 is 1.40 bits per heavy atom. The van der Waals surface area contributed by atoms with Gasteiger partial charge in [-0.3, -0.25) is 0 Å². The molecule has 0 amide bonds. The number of rotatable bonds is 6. The van der Waals surface area contributed by atoms with Gasteiger partial charge in [0.05, 0.1) is 5.69 Å². The van der Waals surface area contributed by atoms with Crippen molar-refractivity contribution in [3.05, 3.63) is 212 Å². The van der Waals surface area contributed by atoms with E-state index in [9.17, 15) is 0 Å². The van der Waals surface area contributed by atoms with Crippen molar-refractivity contribution in [1.82, 2.24) is 24.9 Å². The van der Waals surface area contributed by atoms with Crippen LogP contribution < -0.4 is 0 Å². The smallest absolute Gasteiger partial charge is 0.182 e. The van der Waals surface area contributed by atoms with Crippen LogP contribution in [0.25, 0.3) is 133 Å². The van der Waals surface area contributed by atoms with Crippen LogP contribution in [0.5, 0.6) is 0 Å². The van der Waals surface area contributed by atoms with Crippen molar-refractivity contribution in [2.24, 2.45) is 0 Å². The molecular weight excluding hydrogens is 795 g/mol. The first kappa shape index (κ1) is 36.8. The molecule has 13 rings (SSSR count). The molecule has 3 aromatic heterocycles. The van der Waals surface area contributed by atoms with Crippen molar-refractivity contribution >= 4 is 65.0 Å². The first-order valence-electron chi connectivity index (χ1n) is 21.7. The monoisotopic (exact) mass is 829 g/mol. The Hall–Kier alpha value is -8.87. The van der Waals surface area contributed by atoms with Gasteiger partial charge in [0.1, 0.15) is 16.9 Å². The second-order valence-electron chi connectivity index (χ2n) is 16.4. The zero-order valence-electron chi connectivity index (χ0n) is 34.9. The molecule has 0 aliphatic heterocycles. The maximum Gasteiger partial charge on any atom is 0.182 e. The summed E-state index contributed by atoms with van der Waals surface area (Å²) in [6.07, 6.45) is 0. The predicted octanol–water partition coefficient (Wildman–Crippen LogP) is 15.2. The zero-order chi connectivity index (χ0) is 42.8. The van der Waals surface area contributed by atoms with Crippen LogP contribution >= 0.6 is 0 Å². The molecule has 10 aromatic carbocycles. The Bertz CT molecular complexity index is 3870. The van der Waals surface area contributed by atoms with Crippen molar-refractivity contribution in [1.29, 1.82) is 0 Å². The normalized spacial score (nSPS) is 11.7. The van der Waals surface area contributed by atoms with Gasteiger partial charge >= 0.3 is 0 Å². The highest BCUT2D eigenvalue weighted by atomic mass is 16.3. The summed E-state index contributed by atoms with van der Waals surface area (Å²) in [6.45, 7) is 0. The summed E-state index contributed by atoms with van der Waals surface area (Å²) < 4.78 is 6.24. The lowest BCUT2D eigenvalue weighted by Gasteiger charge is -2.15. The Morgan fingerprint density at radius 1 is 0.262 bits per heavy atom. The zero-order valence-corrected chi connectivity index (χ0v) is 34.9. The van der Waals surface area contributed by atoms with E-state index in [1.165, 1.54) is 10.8 Å². The van der Waals surface area contributed by atoms with Crippen LogP contribution in [0.4, 0.5) is 0 Å². The van der Waals surface area contributed by atoms with E-state index in [4.69, 9.17) is 29.3 Å². The van der Waals surface area contributed by atoms with Gasteiger partial charge in [0.15, 0.2) is 23.3 Å². The van der Waals surface area contributed by atoms with Crippen molar-refractivity contribution in [2.45, 2.75) is 0 Å². The van der Waals surface area contributed by atoms with Gasteiger partial charge in [-0.25, -0.2) is 24.9 Å². The molecule has 0 fully saturated rings. The molecule has 3 heterocycles. The van der Waals surface area contributed by atoms with E-state index < -0.39 is 0 Å². The Balaban J connectivity index is 1.04. The number of benzene rings is 10. The summed E-state index contributed by atoms with van der Waals surface area (Å²) in [5.41, 5.74) is 8.95. The minimum atomic E-state index is 0.454. The Labute approximate surface area is 373 Å². The molecule has 0 atom stereocenters. The molecule has 0 saturated heterocycles. The molecule has 0 bridgehead atoms. The fourth-order valence-corrected chi connectivity index (χ4v) is 9.47. The third-order valence-electron chi connectivity index (χ3n) is 12.5. The highest BCUT2D eigenvalue weighted by Crippen LogP contribution is 2.40. The minimum Gasteiger partial charge on any atom is -0.456 e. The predicted molar refractivity (Wildman–Crippen MR) is 265 cm³/mol. The quantitative estimate of drug-likeness (QED) is 0.155. The summed E-state index contributed by atoms with van der Waals surface area (Å²) in [6, 6.07) is 73.5. The van der Waals surface area contributed by atoms with E-state index in [1.54, 1.807) is 0 Å². The SMILES string of the molecule is c1ccc(-c2nc(-c3ccc(-c4cccc5oc6ccccc6c45)cc3)cc(-c3nc(-c4cc5ccccc5c5ccccc45)nc(-c4cc5ccccc5c5ccccc45)n3)n2)cc1. The van der Waals surface area contributed by atoms with Crippen LogP contribution in [0.2, 0.25) is 0 Å². The van der Waals surface area contributed by atoms with Gasteiger partial charge < -0.3 is 4.42 Å². The van der Waals surface area contributed by atoms with Crippen LogP contribution in [0.1, 0.15) is 0 Å². The maximum absolute atomic E-state index is 6.24. The highest BCUT2D eigenvalue weighted by molar-refractivity contribution is 6.15. The number of para-hydroxylation sites is 1. The van der Waals surface area contributed by atoms with Crippen molar-refractivity contribution in [3.63, 3.8) is 0 Å². The van der Waals surface area contributed by atoms with Crippen molar-refractivity contribution < 1.29 is 4.42 Å². The Kier molecular flexibility index (Phi) is 8.42. The van der Waals surface area contributed by atoms with Gasteiger partial charge in [-0.1, -0.05) is 182 Å². The van der Waals surface area contributed by atoms with Gasteiger partial charge in [-0.05, 0) is 84.5 Å². The van der Waals surface area contributed by atoms with Gasteiger partial charge in [0, 0.05) is 33.0 Å². The number of hydrogen-bond donors (Lipinski definition) is 0. The molecule has 0 N–H and O–H groups in total. The van der Waals surface area contributed by atoms with Crippen LogP contribution in [0, 0.1) is 0 Å². The van der Waals surface area contributed by atoms with Crippen LogP contribution in [-0.4, -0.2) is 24.9 Å². The van der Waals surface area contributed by atoms with Gasteiger partial charge in [0.25, 0.3) is 0 Å². The summed E-state index contributed by atoms with van der Waals surface area (Å²) >= 11 is 0. The largest absolute Gasteiger partial charge is 0.456 e. The average molecular weight is 830 g/mol. The lowest BCUT2D eigenvalue weighted by molar-refractivity contribution is 0.669. The number of aromatic nitrogens is 5. The van der Waals surface area contributed by atoms with Gasteiger partial charge in [-0.15, -0.1) is 0 Å². The number of furan rings is 1. The van der Waals surface area contributed by atoms with Gasteiger partial charge in [-0.2, -0.15) is 0 Å². The standard InChI is InChI=1S/C59H35N5O/c1-2-15-38(16-3-1)56-60-51(37-31-29-36(30-32-37)43-26-14-28-54-55(43)48-25-12-13-27-53(48)65-54)35-52(61-56)59-63-57(49-33-39-17-4-6-19-41(39)44-21-8-10-23-46(44)49)62-58(64-59)50-34-40-18-5-7-20-42(40)45-22-9-11-24-47(45)50/h1-35H. The number of fused-ring (bicyclic) bond motifs is 9. The van der Waals surface area contributed by atoms with E-state index >= 15 is 0 Å². The average Bonchev–Trinajstić information content (AvgIpc) is 3.77. The molecular formula is C59H35N5O. The Morgan fingerprint density at radius 2 is 0.754 bits per heavy atom. The first-order chi connectivity index (χ1) is 32.2. The molecule has 0 radical (unpaired) electrons. The minimum absolute atomic E-state index is 0.454. The summed E-state index contributed by atoms with van der Waals surface area (Å²) in [5, 5.41) is 11.2. The van der Waals surface area contributed by atoms with Crippen molar-refractivity contribution in [2.75, 3.05) is 0 Å². The fourth-order valence-electron chi connectivity index (χ4n) is 9.47. The first-order valence-corrected chi connectivity index (χ1v) is 21.7. The van der Waals surface area contributed by atoms with Crippen LogP contribution in [0.3, 0.4) is 0 Å². The molecule has 13 aromatic rings. The summed E-state index contributed by atoms with van der Waals surface area (Å²) in [5.74, 6) is 2.16. The second-order valence-corrected chi connectivity index (χ2v) is 16.4. The van der Waals surface area contributed by atoms with E-state index in [1.807, 2.05) is 54.6 Å². The van der Waals surface area contributed by atoms with E-state index in [-0.39, 0.29) is 0 Å². The van der Waals surface area contributed by atoms with Crippen molar-refractivity contribution in [3.8, 4) is 68.1 Å². The van der Waals surface area contributed by atoms with E-state index in [2.05, 4.69) is 158 Å². The number of nitrogens with zero attached hydrogens (tertiary/aromatic N) is 5. The van der Waals surface area contributed by atoms with Crippen LogP contribution in [-0.2, 0) is 0 Å². The van der Waals surface area contributed by atoms with E-state index in [0.717, 1.165) is 93.3 Å². The highest BCUT2D eigenvalue weighted by Gasteiger charge is 2.21. The van der Waals surface area contributed by atoms with Gasteiger partial charge in [0.2, 0.25) is 0 Å². The molecule has 6 heteroatoms. The molecule has 0 aliphatic carbocycles. The third-order valence-corrected chi connectivity index (χ3v) is 12.5. The molecule has 65 heavy (non-hydrogen) atoms.